The van der Waals surface area contributed by atoms with E-state index in [0.29, 0.717) is 6.61 Å². The van der Waals surface area contributed by atoms with Gasteiger partial charge in [-0.25, -0.2) is 0 Å². The van der Waals surface area contributed by atoms with Crippen LogP contribution in [0.4, 0.5) is 11.4 Å². The molecular weight excluding hydrogens is 276 g/mol. The van der Waals surface area contributed by atoms with Crippen molar-refractivity contribution in [2.75, 3.05) is 11.9 Å². The maximum absolute atomic E-state index is 11.9. The van der Waals surface area contributed by atoms with E-state index >= 15 is 0 Å². The van der Waals surface area contributed by atoms with Crippen molar-refractivity contribution >= 4 is 17.3 Å². The topological polar surface area (TPSA) is 102 Å². The van der Waals surface area contributed by atoms with Crippen LogP contribution in [0, 0.1) is 16.0 Å². The Morgan fingerprint density at radius 2 is 2.24 bits per heavy atom. The van der Waals surface area contributed by atoms with Gasteiger partial charge in [0.25, 0.3) is 5.69 Å². The molecule has 0 aliphatic heterocycles. The summed E-state index contributed by atoms with van der Waals surface area (Å²) in [6.45, 7) is 2.59. The number of nitrogens with one attached hydrogen (secondary N) is 1. The van der Waals surface area contributed by atoms with Crippen LogP contribution < -0.4 is 5.32 Å². The molecule has 1 aromatic carbocycles. The van der Waals surface area contributed by atoms with Gasteiger partial charge in [0.15, 0.2) is 5.69 Å². The summed E-state index contributed by atoms with van der Waals surface area (Å²) in [5.41, 5.74) is -0.461. The smallest absolute Gasteiger partial charge is 0.296 e. The van der Waals surface area contributed by atoms with Gasteiger partial charge in [-0.15, -0.1) is 0 Å². The van der Waals surface area contributed by atoms with Gasteiger partial charge in [0.05, 0.1) is 11.0 Å². The van der Waals surface area contributed by atoms with E-state index in [4.69, 9.17) is 4.74 Å². The summed E-state index contributed by atoms with van der Waals surface area (Å²) in [6.07, 6.45) is 2.14. The minimum absolute atomic E-state index is 0.145. The summed E-state index contributed by atoms with van der Waals surface area (Å²) in [5.74, 6) is -0.413. The summed E-state index contributed by atoms with van der Waals surface area (Å²) in [4.78, 5) is 22.2. The molecule has 1 aromatic rings. The molecule has 1 saturated carbocycles. The monoisotopic (exact) mass is 294 g/mol. The predicted octanol–water partition coefficient (Wildman–Crippen LogP) is 2.44. The van der Waals surface area contributed by atoms with Crippen molar-refractivity contribution in [1.82, 2.24) is 0 Å². The molecule has 0 spiro atoms. The molecule has 0 saturated heterocycles. The summed E-state index contributed by atoms with van der Waals surface area (Å²) in [7, 11) is 0. The first-order valence-electron chi connectivity index (χ1n) is 6.89. The Morgan fingerprint density at radius 1 is 1.52 bits per heavy atom. The van der Waals surface area contributed by atoms with Crippen LogP contribution in [0.2, 0.25) is 0 Å². The zero-order valence-corrected chi connectivity index (χ0v) is 11.7. The molecule has 0 radical (unpaired) electrons. The molecule has 0 bridgehead atoms. The number of nitro benzene ring substituents is 1. The van der Waals surface area contributed by atoms with Gasteiger partial charge < -0.3 is 15.2 Å². The molecule has 1 fully saturated rings. The van der Waals surface area contributed by atoms with Gasteiger partial charge >= 0.3 is 0 Å². The zero-order valence-electron chi connectivity index (χ0n) is 11.7. The van der Waals surface area contributed by atoms with Crippen LogP contribution in [0.25, 0.3) is 0 Å². The fraction of sp³-hybridized carbons (Fsp3) is 0.500. The number of ether oxygens (including phenoxy) is 1. The van der Waals surface area contributed by atoms with Crippen LogP contribution >= 0.6 is 0 Å². The van der Waals surface area contributed by atoms with Crippen molar-refractivity contribution in [3.05, 3.63) is 28.3 Å². The second kappa shape index (κ2) is 6.53. The number of anilines is 1. The van der Waals surface area contributed by atoms with Gasteiger partial charge in [0.2, 0.25) is 5.91 Å². The lowest BCUT2D eigenvalue weighted by Gasteiger charge is -2.34. The quantitative estimate of drug-likeness (QED) is 0.476. The van der Waals surface area contributed by atoms with Gasteiger partial charge in [-0.1, -0.05) is 6.07 Å². The Bertz CT molecular complexity index is 540. The number of benzene rings is 1. The van der Waals surface area contributed by atoms with Crippen LogP contribution in [0.1, 0.15) is 26.2 Å². The highest BCUT2D eigenvalue weighted by molar-refractivity contribution is 5.95. The van der Waals surface area contributed by atoms with E-state index in [0.717, 1.165) is 12.8 Å². The molecule has 2 rings (SSSR count). The van der Waals surface area contributed by atoms with Crippen LogP contribution in [0.5, 0.6) is 5.75 Å². The van der Waals surface area contributed by atoms with Crippen molar-refractivity contribution in [2.45, 2.75) is 32.3 Å². The first-order valence-corrected chi connectivity index (χ1v) is 6.89. The molecule has 0 aromatic heterocycles. The summed E-state index contributed by atoms with van der Waals surface area (Å²) < 4.78 is 5.42. The third-order valence-electron chi connectivity index (χ3n) is 3.55. The standard InChI is InChI=1S/C14H18N2O5/c1-2-21-10-6-9(7-10)8-13(18)15-14-11(16(19)20)4-3-5-12(14)17/h3-5,9-10,17H,2,6-8H2,1H3,(H,15,18). The fourth-order valence-electron chi connectivity index (χ4n) is 2.47. The number of phenols is 1. The maximum atomic E-state index is 11.9. The van der Waals surface area contributed by atoms with E-state index < -0.39 is 4.92 Å². The van der Waals surface area contributed by atoms with E-state index in [-0.39, 0.29) is 41.5 Å². The number of nitrogens with zero attached hydrogens (tertiary/aromatic N) is 1. The van der Waals surface area contributed by atoms with E-state index in [1.807, 2.05) is 6.92 Å². The molecule has 7 heteroatoms. The molecule has 2 N–H and O–H groups in total. The van der Waals surface area contributed by atoms with Crippen molar-refractivity contribution < 1.29 is 19.6 Å². The van der Waals surface area contributed by atoms with Crippen LogP contribution in [-0.2, 0) is 9.53 Å². The number of carbonyl (C=O) groups excluding carboxylic acids is 1. The number of phenolic OH excluding ortho intramolecular Hbond substituents is 1. The van der Waals surface area contributed by atoms with Crippen molar-refractivity contribution in [1.29, 1.82) is 0 Å². The molecule has 1 aliphatic carbocycles. The van der Waals surface area contributed by atoms with E-state index in [1.54, 1.807) is 0 Å². The Morgan fingerprint density at radius 3 is 2.86 bits per heavy atom. The van der Waals surface area contributed by atoms with Gasteiger partial charge in [-0.2, -0.15) is 0 Å². The Kier molecular flexibility index (Phi) is 4.74. The maximum Gasteiger partial charge on any atom is 0.296 e. The van der Waals surface area contributed by atoms with E-state index in [2.05, 4.69) is 5.32 Å². The zero-order chi connectivity index (χ0) is 15.4. The summed E-state index contributed by atoms with van der Waals surface area (Å²) in [5, 5.41) is 23.0. The van der Waals surface area contributed by atoms with Gasteiger partial charge in [-0.05, 0) is 31.7 Å². The Balaban J connectivity index is 1.93. The van der Waals surface area contributed by atoms with E-state index in [1.165, 1.54) is 18.2 Å². The number of amides is 1. The predicted molar refractivity (Wildman–Crippen MR) is 76.1 cm³/mol. The lowest BCUT2D eigenvalue weighted by Crippen LogP contribution is -2.33. The fourth-order valence-corrected chi connectivity index (χ4v) is 2.47. The molecular formula is C14H18N2O5. The number of rotatable bonds is 6. The average molecular weight is 294 g/mol. The number of carbonyl (C=O) groups is 1. The normalized spacial score (nSPS) is 20.6. The molecule has 0 unspecified atom stereocenters. The third kappa shape index (κ3) is 3.69. The summed E-state index contributed by atoms with van der Waals surface area (Å²) >= 11 is 0. The number of aromatic hydroxyl groups is 1. The number of nitro groups is 1. The molecule has 0 heterocycles. The number of para-hydroxylation sites is 1. The average Bonchev–Trinajstić information content (AvgIpc) is 2.38. The molecule has 114 valence electrons. The molecule has 21 heavy (non-hydrogen) atoms. The molecule has 0 atom stereocenters. The van der Waals surface area contributed by atoms with Crippen LogP contribution in [-0.4, -0.2) is 28.6 Å². The molecule has 1 amide bonds. The third-order valence-corrected chi connectivity index (χ3v) is 3.55. The second-order valence-electron chi connectivity index (χ2n) is 5.10. The van der Waals surface area contributed by atoms with Crippen LogP contribution in [0.15, 0.2) is 18.2 Å². The van der Waals surface area contributed by atoms with Gasteiger partial charge in [0, 0.05) is 19.1 Å². The van der Waals surface area contributed by atoms with Crippen molar-refractivity contribution in [3.63, 3.8) is 0 Å². The minimum atomic E-state index is -0.635. The van der Waals surface area contributed by atoms with Crippen molar-refractivity contribution in [3.8, 4) is 5.75 Å². The van der Waals surface area contributed by atoms with Gasteiger partial charge in [-0.3, -0.25) is 14.9 Å². The second-order valence-corrected chi connectivity index (χ2v) is 5.10. The highest BCUT2D eigenvalue weighted by Crippen LogP contribution is 2.35. The number of hydrogen-bond donors (Lipinski definition) is 2. The van der Waals surface area contributed by atoms with Gasteiger partial charge in [0.1, 0.15) is 5.75 Å². The Hall–Kier alpha value is -2.15. The Labute approximate surface area is 122 Å². The highest BCUT2D eigenvalue weighted by Gasteiger charge is 2.31. The van der Waals surface area contributed by atoms with Crippen molar-refractivity contribution in [2.24, 2.45) is 5.92 Å². The minimum Gasteiger partial charge on any atom is -0.505 e. The number of hydrogen-bond acceptors (Lipinski definition) is 5. The van der Waals surface area contributed by atoms with Crippen LogP contribution in [0.3, 0.4) is 0 Å². The first-order chi connectivity index (χ1) is 10.0. The first kappa shape index (κ1) is 15.2. The largest absolute Gasteiger partial charge is 0.505 e. The van der Waals surface area contributed by atoms with E-state index in [9.17, 15) is 20.0 Å². The lowest BCUT2D eigenvalue weighted by atomic mass is 9.80. The highest BCUT2D eigenvalue weighted by atomic mass is 16.6. The SMILES string of the molecule is CCOC1CC(CC(=O)Nc2c(O)cccc2[N+](=O)[O-])C1. The molecule has 1 aliphatic rings. The molecule has 7 nitrogen and oxygen atoms in total. The summed E-state index contributed by atoms with van der Waals surface area (Å²) in [6, 6.07) is 3.91. The lowest BCUT2D eigenvalue weighted by molar-refractivity contribution is -0.384.